The number of carbonyl (C=O) groups is 2. The summed E-state index contributed by atoms with van der Waals surface area (Å²) >= 11 is 3.40. The van der Waals surface area contributed by atoms with Crippen molar-refractivity contribution in [1.29, 1.82) is 0 Å². The topological polar surface area (TPSA) is 73.5 Å². The SMILES string of the molecule is CC(C)n1cc(C2=C(c3c(F)c(F)cc4ccoc34)C(=O)NC2=O)c2cc(OCCCCBr)ccc21. The Hall–Kier alpha value is -3.46. The van der Waals surface area contributed by atoms with Crippen LogP contribution in [0.25, 0.3) is 33.0 Å². The maximum atomic E-state index is 15.2. The second-order valence-electron chi connectivity index (χ2n) is 8.89. The van der Waals surface area contributed by atoms with Crippen molar-refractivity contribution >= 4 is 60.8 Å². The number of aromatic nitrogens is 1. The van der Waals surface area contributed by atoms with Gasteiger partial charge < -0.3 is 13.7 Å². The molecule has 6 nitrogen and oxygen atoms in total. The summed E-state index contributed by atoms with van der Waals surface area (Å²) in [7, 11) is 0. The highest BCUT2D eigenvalue weighted by Gasteiger charge is 2.37. The zero-order valence-electron chi connectivity index (χ0n) is 19.7. The molecule has 0 unspecified atom stereocenters. The number of nitrogens with zero attached hydrogens (tertiary/aromatic N) is 1. The van der Waals surface area contributed by atoms with Crippen molar-refractivity contribution in [3.63, 3.8) is 0 Å². The summed E-state index contributed by atoms with van der Waals surface area (Å²) in [6, 6.07) is 8.05. The first-order valence-electron chi connectivity index (χ1n) is 11.6. The van der Waals surface area contributed by atoms with E-state index in [1.165, 1.54) is 12.3 Å². The minimum absolute atomic E-state index is 0.00494. The van der Waals surface area contributed by atoms with Crippen LogP contribution in [0.1, 0.15) is 43.9 Å². The number of nitrogens with one attached hydrogen (secondary N) is 1. The number of furan rings is 1. The second kappa shape index (κ2) is 9.54. The lowest BCUT2D eigenvalue weighted by molar-refractivity contribution is -0.122. The number of benzene rings is 2. The highest BCUT2D eigenvalue weighted by atomic mass is 79.9. The van der Waals surface area contributed by atoms with E-state index in [4.69, 9.17) is 9.15 Å². The van der Waals surface area contributed by atoms with E-state index >= 15 is 4.39 Å². The molecule has 0 atom stereocenters. The van der Waals surface area contributed by atoms with E-state index in [0.29, 0.717) is 23.3 Å². The summed E-state index contributed by atoms with van der Waals surface area (Å²) in [5.74, 6) is -3.29. The molecule has 186 valence electrons. The summed E-state index contributed by atoms with van der Waals surface area (Å²) in [4.78, 5) is 26.1. The summed E-state index contributed by atoms with van der Waals surface area (Å²) in [6.07, 6.45) is 4.88. The first-order valence-corrected chi connectivity index (χ1v) is 12.7. The molecule has 0 bridgehead atoms. The minimum atomic E-state index is -1.25. The van der Waals surface area contributed by atoms with Gasteiger partial charge in [-0.1, -0.05) is 15.9 Å². The molecule has 36 heavy (non-hydrogen) atoms. The Balaban J connectivity index is 1.76. The number of unbranched alkanes of at least 4 members (excludes halogenated alkanes) is 1. The lowest BCUT2D eigenvalue weighted by Gasteiger charge is -2.10. The molecule has 9 heteroatoms. The predicted octanol–water partition coefficient (Wildman–Crippen LogP) is 6.37. The lowest BCUT2D eigenvalue weighted by Crippen LogP contribution is -2.23. The molecule has 5 rings (SSSR count). The average molecular weight is 557 g/mol. The molecule has 2 aromatic carbocycles. The Kier molecular flexibility index (Phi) is 6.42. The molecule has 0 fully saturated rings. The van der Waals surface area contributed by atoms with Gasteiger partial charge in [0.1, 0.15) is 11.3 Å². The Morgan fingerprint density at radius 1 is 1.08 bits per heavy atom. The third-order valence-electron chi connectivity index (χ3n) is 6.24. The Bertz CT molecular complexity index is 1550. The van der Waals surface area contributed by atoms with Crippen LogP contribution in [-0.4, -0.2) is 28.3 Å². The van der Waals surface area contributed by atoms with Gasteiger partial charge in [0.15, 0.2) is 11.6 Å². The van der Waals surface area contributed by atoms with E-state index in [0.717, 1.165) is 29.8 Å². The van der Waals surface area contributed by atoms with Gasteiger partial charge in [-0.15, -0.1) is 0 Å². The second-order valence-corrected chi connectivity index (χ2v) is 9.68. The quantitative estimate of drug-likeness (QED) is 0.155. The fourth-order valence-electron chi connectivity index (χ4n) is 4.57. The van der Waals surface area contributed by atoms with E-state index in [1.807, 2.05) is 36.6 Å². The minimum Gasteiger partial charge on any atom is -0.494 e. The van der Waals surface area contributed by atoms with Crippen LogP contribution in [0.2, 0.25) is 0 Å². The monoisotopic (exact) mass is 556 g/mol. The molecule has 3 heterocycles. The number of rotatable bonds is 8. The predicted molar refractivity (Wildman–Crippen MR) is 137 cm³/mol. The largest absolute Gasteiger partial charge is 0.494 e. The van der Waals surface area contributed by atoms with Crippen LogP contribution in [0.15, 0.2) is 47.2 Å². The highest BCUT2D eigenvalue weighted by Crippen LogP contribution is 2.41. The van der Waals surface area contributed by atoms with Crippen molar-refractivity contribution in [2.24, 2.45) is 0 Å². The smallest absolute Gasteiger partial charge is 0.259 e. The van der Waals surface area contributed by atoms with Crippen molar-refractivity contribution in [3.05, 3.63) is 65.6 Å². The standard InChI is InChI=1S/C27H23BrF2N2O4/c1-14(2)32-13-18(17-12-16(5-6-20(17)32)35-9-4-3-8-28)21-22(27(34)31-26(21)33)23-24(30)19(29)11-15-7-10-36-25(15)23/h5-7,10-14H,3-4,8-9H2,1-2H3,(H,31,33,34). The van der Waals surface area contributed by atoms with Crippen molar-refractivity contribution in [2.45, 2.75) is 32.7 Å². The van der Waals surface area contributed by atoms with Crippen LogP contribution in [0, 0.1) is 11.6 Å². The molecule has 1 aliphatic rings. The zero-order valence-corrected chi connectivity index (χ0v) is 21.2. The molecular formula is C27H23BrF2N2O4. The number of hydrogen-bond acceptors (Lipinski definition) is 4. The Morgan fingerprint density at radius 2 is 1.86 bits per heavy atom. The average Bonchev–Trinajstić information content (AvgIpc) is 3.53. The van der Waals surface area contributed by atoms with Gasteiger partial charge in [0.25, 0.3) is 11.8 Å². The van der Waals surface area contributed by atoms with Gasteiger partial charge in [-0.05, 0) is 57.0 Å². The number of carbonyl (C=O) groups excluding carboxylic acids is 2. The van der Waals surface area contributed by atoms with Crippen LogP contribution < -0.4 is 10.1 Å². The molecule has 0 aliphatic carbocycles. The van der Waals surface area contributed by atoms with Crippen LogP contribution in [0.3, 0.4) is 0 Å². The maximum Gasteiger partial charge on any atom is 0.259 e. The number of ether oxygens (including phenoxy) is 1. The molecule has 0 saturated heterocycles. The number of alkyl halides is 1. The third kappa shape index (κ3) is 4.01. The molecule has 0 saturated carbocycles. The van der Waals surface area contributed by atoms with Crippen LogP contribution in [0.4, 0.5) is 8.78 Å². The van der Waals surface area contributed by atoms with Gasteiger partial charge in [0, 0.05) is 39.4 Å². The number of amides is 2. The number of fused-ring (bicyclic) bond motifs is 2. The van der Waals surface area contributed by atoms with E-state index in [2.05, 4.69) is 21.2 Å². The fourth-order valence-corrected chi connectivity index (χ4v) is 4.96. The molecular weight excluding hydrogens is 534 g/mol. The molecule has 0 spiro atoms. The van der Waals surface area contributed by atoms with Crippen LogP contribution >= 0.6 is 15.9 Å². The first-order chi connectivity index (χ1) is 17.3. The maximum absolute atomic E-state index is 15.2. The highest BCUT2D eigenvalue weighted by molar-refractivity contribution is 9.09. The summed E-state index contributed by atoms with van der Waals surface area (Å²) in [5, 5.41) is 4.08. The van der Waals surface area contributed by atoms with Gasteiger partial charge >= 0.3 is 0 Å². The molecule has 2 amide bonds. The van der Waals surface area contributed by atoms with Gasteiger partial charge in [-0.25, -0.2) is 8.78 Å². The van der Waals surface area contributed by atoms with Gasteiger partial charge in [0.05, 0.1) is 29.6 Å². The van der Waals surface area contributed by atoms with Crippen molar-refractivity contribution in [2.75, 3.05) is 11.9 Å². The molecule has 0 radical (unpaired) electrons. The molecule has 2 aromatic heterocycles. The van der Waals surface area contributed by atoms with E-state index in [9.17, 15) is 14.0 Å². The van der Waals surface area contributed by atoms with Gasteiger partial charge in [-0.3, -0.25) is 14.9 Å². The van der Waals surface area contributed by atoms with E-state index in [-0.39, 0.29) is 33.7 Å². The summed E-state index contributed by atoms with van der Waals surface area (Å²) < 4.78 is 43.0. The zero-order chi connectivity index (χ0) is 25.6. The van der Waals surface area contributed by atoms with Crippen molar-refractivity contribution < 1.29 is 27.5 Å². The number of halogens is 3. The Morgan fingerprint density at radius 3 is 2.61 bits per heavy atom. The first kappa shape index (κ1) is 24.2. The number of imide groups is 1. The molecule has 4 aromatic rings. The van der Waals surface area contributed by atoms with E-state index < -0.39 is 23.4 Å². The van der Waals surface area contributed by atoms with Gasteiger partial charge in [0.2, 0.25) is 0 Å². The van der Waals surface area contributed by atoms with E-state index in [1.54, 1.807) is 6.20 Å². The van der Waals surface area contributed by atoms with Crippen molar-refractivity contribution in [3.8, 4) is 5.75 Å². The third-order valence-corrected chi connectivity index (χ3v) is 6.80. The summed E-state index contributed by atoms with van der Waals surface area (Å²) in [5.41, 5.74) is 0.558. The summed E-state index contributed by atoms with van der Waals surface area (Å²) in [6.45, 7) is 4.50. The lowest BCUT2D eigenvalue weighted by atomic mass is 9.94. The van der Waals surface area contributed by atoms with Gasteiger partial charge in [-0.2, -0.15) is 0 Å². The molecule has 1 N–H and O–H groups in total. The fraction of sp³-hybridized carbons (Fsp3) is 0.259. The van der Waals surface area contributed by atoms with Crippen LogP contribution in [0.5, 0.6) is 5.75 Å². The number of hydrogen-bond donors (Lipinski definition) is 1. The van der Waals surface area contributed by atoms with Crippen molar-refractivity contribution in [1.82, 2.24) is 9.88 Å². The molecule has 1 aliphatic heterocycles. The van der Waals surface area contributed by atoms with Crippen LogP contribution in [-0.2, 0) is 9.59 Å². The normalized spacial score (nSPS) is 14.1. The Labute approximate surface area is 214 Å².